The summed E-state index contributed by atoms with van der Waals surface area (Å²) in [7, 11) is 0. The lowest BCUT2D eigenvalue weighted by atomic mass is 9.84. The van der Waals surface area contributed by atoms with Gasteiger partial charge in [0, 0.05) is 32.7 Å². The van der Waals surface area contributed by atoms with E-state index in [9.17, 15) is 5.11 Å². The van der Waals surface area contributed by atoms with Gasteiger partial charge in [-0.25, -0.2) is 0 Å². The quantitative estimate of drug-likeness (QED) is 0.719. The van der Waals surface area contributed by atoms with E-state index in [4.69, 9.17) is 0 Å². The monoisotopic (exact) mass is 214 g/mol. The second-order valence-electron chi connectivity index (χ2n) is 5.43. The third-order valence-electron chi connectivity index (χ3n) is 3.42. The van der Waals surface area contributed by atoms with E-state index in [0.717, 1.165) is 45.6 Å². The number of piperazine rings is 1. The van der Waals surface area contributed by atoms with Crippen LogP contribution in [0.4, 0.5) is 0 Å². The highest BCUT2D eigenvalue weighted by atomic mass is 16.3. The van der Waals surface area contributed by atoms with Gasteiger partial charge in [0.2, 0.25) is 0 Å². The summed E-state index contributed by atoms with van der Waals surface area (Å²) in [6, 6.07) is 0. The van der Waals surface area contributed by atoms with Gasteiger partial charge < -0.3 is 10.4 Å². The molecule has 15 heavy (non-hydrogen) atoms. The number of nitrogens with one attached hydrogen (secondary N) is 1. The van der Waals surface area contributed by atoms with Crippen molar-refractivity contribution in [1.29, 1.82) is 0 Å². The van der Waals surface area contributed by atoms with E-state index in [-0.39, 0.29) is 11.5 Å². The molecule has 3 heteroatoms. The van der Waals surface area contributed by atoms with Gasteiger partial charge in [0.25, 0.3) is 0 Å². The molecule has 0 aromatic rings. The molecule has 0 amide bonds. The Morgan fingerprint density at radius 1 is 1.33 bits per heavy atom. The van der Waals surface area contributed by atoms with Crippen LogP contribution in [0.25, 0.3) is 0 Å². The van der Waals surface area contributed by atoms with Crippen molar-refractivity contribution >= 4 is 0 Å². The smallest absolute Gasteiger partial charge is 0.0672 e. The number of hydrogen-bond acceptors (Lipinski definition) is 3. The third-order valence-corrected chi connectivity index (χ3v) is 3.42. The fourth-order valence-corrected chi connectivity index (χ4v) is 2.04. The largest absolute Gasteiger partial charge is 0.392 e. The molecule has 0 aromatic heterocycles. The fraction of sp³-hybridized carbons (Fsp3) is 1.00. The van der Waals surface area contributed by atoms with Crippen LogP contribution in [0, 0.1) is 5.41 Å². The molecule has 0 aromatic carbocycles. The van der Waals surface area contributed by atoms with Crippen LogP contribution in [0.2, 0.25) is 0 Å². The third kappa shape index (κ3) is 4.96. The molecule has 0 bridgehead atoms. The van der Waals surface area contributed by atoms with Crippen molar-refractivity contribution in [2.24, 2.45) is 5.41 Å². The SMILES string of the molecule is CCC(C)(C)CC(O)CN1CCNCC1. The lowest BCUT2D eigenvalue weighted by molar-refractivity contribution is 0.0665. The van der Waals surface area contributed by atoms with Crippen molar-refractivity contribution in [3.8, 4) is 0 Å². The number of aliphatic hydroxyl groups is 1. The summed E-state index contributed by atoms with van der Waals surface area (Å²) in [5.74, 6) is 0. The molecule has 0 aliphatic carbocycles. The standard InChI is InChI=1S/C12H26N2O/c1-4-12(2,3)9-11(15)10-14-7-5-13-6-8-14/h11,13,15H,4-10H2,1-3H3. The predicted octanol–water partition coefficient (Wildman–Crippen LogP) is 1.08. The second kappa shape index (κ2) is 5.83. The van der Waals surface area contributed by atoms with Gasteiger partial charge >= 0.3 is 0 Å². The molecule has 90 valence electrons. The first kappa shape index (κ1) is 12.9. The lowest BCUT2D eigenvalue weighted by Gasteiger charge is -2.32. The van der Waals surface area contributed by atoms with E-state index in [1.807, 2.05) is 0 Å². The van der Waals surface area contributed by atoms with Crippen LogP contribution in [0.1, 0.15) is 33.6 Å². The van der Waals surface area contributed by atoms with Gasteiger partial charge in [0.1, 0.15) is 0 Å². The predicted molar refractivity (Wildman–Crippen MR) is 64.0 cm³/mol. The molecule has 1 aliphatic rings. The van der Waals surface area contributed by atoms with E-state index in [1.54, 1.807) is 0 Å². The van der Waals surface area contributed by atoms with Gasteiger partial charge in [-0.15, -0.1) is 0 Å². The average Bonchev–Trinajstić information content (AvgIpc) is 2.18. The van der Waals surface area contributed by atoms with E-state index >= 15 is 0 Å². The number of rotatable bonds is 5. The van der Waals surface area contributed by atoms with E-state index in [0.29, 0.717) is 0 Å². The molecule has 1 aliphatic heterocycles. The van der Waals surface area contributed by atoms with Crippen molar-refractivity contribution in [3.63, 3.8) is 0 Å². The Morgan fingerprint density at radius 3 is 2.47 bits per heavy atom. The highest BCUT2D eigenvalue weighted by Crippen LogP contribution is 2.26. The summed E-state index contributed by atoms with van der Waals surface area (Å²) in [4.78, 5) is 2.35. The maximum absolute atomic E-state index is 10.0. The first-order valence-corrected chi connectivity index (χ1v) is 6.14. The first-order valence-electron chi connectivity index (χ1n) is 6.14. The van der Waals surface area contributed by atoms with Crippen molar-refractivity contribution < 1.29 is 5.11 Å². The van der Waals surface area contributed by atoms with Gasteiger partial charge in [0.15, 0.2) is 0 Å². The number of β-amino-alcohol motifs (C(OH)–C–C–N with tert-alkyl or cyclic N) is 1. The molecule has 0 radical (unpaired) electrons. The minimum Gasteiger partial charge on any atom is -0.392 e. The molecule has 0 spiro atoms. The summed E-state index contributed by atoms with van der Waals surface area (Å²) in [5, 5.41) is 13.3. The van der Waals surface area contributed by atoms with Gasteiger partial charge in [-0.2, -0.15) is 0 Å². The number of nitrogens with zero attached hydrogens (tertiary/aromatic N) is 1. The summed E-state index contributed by atoms with van der Waals surface area (Å²) in [6.07, 6.45) is 1.87. The van der Waals surface area contributed by atoms with Crippen LogP contribution in [-0.4, -0.2) is 48.8 Å². The Kier molecular flexibility index (Phi) is 5.03. The highest BCUT2D eigenvalue weighted by Gasteiger charge is 2.22. The van der Waals surface area contributed by atoms with Gasteiger partial charge in [-0.05, 0) is 11.8 Å². The average molecular weight is 214 g/mol. The summed E-state index contributed by atoms with van der Waals surface area (Å²) in [6.45, 7) is 11.8. The molecule has 1 unspecified atom stereocenters. The molecular formula is C12H26N2O. The van der Waals surface area contributed by atoms with Crippen LogP contribution in [0.5, 0.6) is 0 Å². The van der Waals surface area contributed by atoms with Gasteiger partial charge in [-0.3, -0.25) is 4.90 Å². The van der Waals surface area contributed by atoms with E-state index < -0.39 is 0 Å². The molecule has 3 nitrogen and oxygen atoms in total. The molecule has 1 heterocycles. The topological polar surface area (TPSA) is 35.5 Å². The molecule has 1 saturated heterocycles. The molecule has 1 fully saturated rings. The minimum atomic E-state index is -0.168. The van der Waals surface area contributed by atoms with Gasteiger partial charge in [-0.1, -0.05) is 27.2 Å². The maximum Gasteiger partial charge on any atom is 0.0672 e. The van der Waals surface area contributed by atoms with Crippen molar-refractivity contribution in [3.05, 3.63) is 0 Å². The zero-order valence-corrected chi connectivity index (χ0v) is 10.4. The Hall–Kier alpha value is -0.120. The molecule has 2 N–H and O–H groups in total. The van der Waals surface area contributed by atoms with Crippen molar-refractivity contribution in [2.75, 3.05) is 32.7 Å². The second-order valence-corrected chi connectivity index (χ2v) is 5.43. The Morgan fingerprint density at radius 2 is 1.93 bits per heavy atom. The summed E-state index contributed by atoms with van der Waals surface area (Å²) < 4.78 is 0. The van der Waals surface area contributed by atoms with Crippen LogP contribution in [-0.2, 0) is 0 Å². The first-order chi connectivity index (χ1) is 7.03. The highest BCUT2D eigenvalue weighted by molar-refractivity contribution is 4.76. The Balaban J connectivity index is 2.25. The van der Waals surface area contributed by atoms with E-state index in [2.05, 4.69) is 31.0 Å². The fourth-order valence-electron chi connectivity index (χ4n) is 2.04. The van der Waals surface area contributed by atoms with Crippen LogP contribution < -0.4 is 5.32 Å². The van der Waals surface area contributed by atoms with E-state index in [1.165, 1.54) is 0 Å². The van der Waals surface area contributed by atoms with Crippen LogP contribution in [0.15, 0.2) is 0 Å². The Bertz CT molecular complexity index is 176. The normalized spacial score (nSPS) is 21.6. The lowest BCUT2D eigenvalue weighted by Crippen LogP contribution is -2.46. The Labute approximate surface area is 93.9 Å². The van der Waals surface area contributed by atoms with Crippen LogP contribution >= 0.6 is 0 Å². The van der Waals surface area contributed by atoms with Crippen molar-refractivity contribution in [2.45, 2.75) is 39.7 Å². The molecule has 1 atom stereocenters. The zero-order chi connectivity index (χ0) is 11.3. The van der Waals surface area contributed by atoms with Crippen molar-refractivity contribution in [1.82, 2.24) is 10.2 Å². The minimum absolute atomic E-state index is 0.168. The molecule has 1 rings (SSSR count). The molecule has 0 saturated carbocycles. The van der Waals surface area contributed by atoms with Gasteiger partial charge in [0.05, 0.1) is 6.10 Å². The van der Waals surface area contributed by atoms with Crippen LogP contribution in [0.3, 0.4) is 0 Å². The number of aliphatic hydroxyl groups excluding tert-OH is 1. The maximum atomic E-state index is 10.0. The molecular weight excluding hydrogens is 188 g/mol. The summed E-state index contributed by atoms with van der Waals surface area (Å²) in [5.41, 5.74) is 0.271. The summed E-state index contributed by atoms with van der Waals surface area (Å²) >= 11 is 0. The zero-order valence-electron chi connectivity index (χ0n) is 10.4. The number of hydrogen-bond donors (Lipinski definition) is 2.